The summed E-state index contributed by atoms with van der Waals surface area (Å²) in [4.78, 5) is 34.9. The molecule has 0 aliphatic carbocycles. The normalized spacial score (nSPS) is 10.1. The van der Waals surface area contributed by atoms with Crippen molar-refractivity contribution in [1.29, 1.82) is 0 Å². The second kappa shape index (κ2) is 7.70. The van der Waals surface area contributed by atoms with Crippen LogP contribution in [-0.4, -0.2) is 24.3 Å². The number of Topliss-reactive ketones (excluding diaryl/α,β-unsaturated/α-hetero) is 1. The Morgan fingerprint density at radius 1 is 1.17 bits per heavy atom. The number of anilines is 1. The van der Waals surface area contributed by atoms with E-state index in [0.29, 0.717) is 11.3 Å². The first-order valence-corrected chi connectivity index (χ1v) is 7.27. The van der Waals surface area contributed by atoms with Gasteiger partial charge in [0.2, 0.25) is 0 Å². The van der Waals surface area contributed by atoms with E-state index in [4.69, 9.17) is 16.3 Å². The molecule has 0 saturated heterocycles. The molecule has 5 nitrogen and oxygen atoms in total. The molecule has 24 heavy (non-hydrogen) atoms. The van der Waals surface area contributed by atoms with Crippen LogP contribution in [0.2, 0.25) is 5.02 Å². The van der Waals surface area contributed by atoms with Crippen molar-refractivity contribution in [3.05, 3.63) is 64.4 Å². The van der Waals surface area contributed by atoms with Crippen molar-refractivity contribution >= 4 is 34.9 Å². The van der Waals surface area contributed by atoms with Crippen molar-refractivity contribution in [2.45, 2.75) is 6.92 Å². The summed E-state index contributed by atoms with van der Waals surface area (Å²) in [6.07, 6.45) is 0. The first-order valence-electron chi connectivity index (χ1n) is 6.90. The van der Waals surface area contributed by atoms with E-state index in [1.807, 2.05) is 0 Å². The number of ether oxygens (including phenoxy) is 1. The van der Waals surface area contributed by atoms with E-state index in [2.05, 4.69) is 5.32 Å². The molecule has 0 atom stereocenters. The van der Waals surface area contributed by atoms with Gasteiger partial charge in [-0.2, -0.15) is 0 Å². The van der Waals surface area contributed by atoms with Gasteiger partial charge in [0.05, 0.1) is 10.6 Å². The maximum Gasteiger partial charge on any atom is 0.340 e. The number of benzene rings is 2. The molecule has 2 aromatic carbocycles. The number of carbonyl (C=O) groups excluding carboxylic acids is 3. The number of hydrogen-bond acceptors (Lipinski definition) is 4. The van der Waals surface area contributed by atoms with Crippen LogP contribution >= 0.6 is 11.6 Å². The fraction of sp³-hybridized carbons (Fsp3) is 0.118. The molecule has 0 unspecified atom stereocenters. The molecule has 0 aliphatic heterocycles. The molecule has 7 heteroatoms. The van der Waals surface area contributed by atoms with Crippen LogP contribution in [0.4, 0.5) is 10.1 Å². The molecule has 0 spiro atoms. The van der Waals surface area contributed by atoms with E-state index >= 15 is 0 Å². The standard InChI is InChI=1S/C17H13ClFNO4/c1-10(21)11-3-2-4-13(7-11)20-16(22)9-24-17(23)14-6-5-12(19)8-15(14)18/h2-8H,9H2,1H3,(H,20,22). The lowest BCUT2D eigenvalue weighted by Gasteiger charge is -2.08. The third kappa shape index (κ3) is 4.63. The molecule has 0 fully saturated rings. The lowest BCUT2D eigenvalue weighted by molar-refractivity contribution is -0.119. The number of hydrogen-bond donors (Lipinski definition) is 1. The largest absolute Gasteiger partial charge is 0.452 e. The van der Waals surface area contributed by atoms with E-state index < -0.39 is 24.3 Å². The summed E-state index contributed by atoms with van der Waals surface area (Å²) in [5.41, 5.74) is 0.816. The lowest BCUT2D eigenvalue weighted by Crippen LogP contribution is -2.21. The topological polar surface area (TPSA) is 72.5 Å². The Morgan fingerprint density at radius 2 is 1.92 bits per heavy atom. The zero-order chi connectivity index (χ0) is 17.7. The second-order valence-electron chi connectivity index (χ2n) is 4.89. The Morgan fingerprint density at radius 3 is 2.58 bits per heavy atom. The predicted octanol–water partition coefficient (Wildman–Crippen LogP) is 3.48. The Bertz CT molecular complexity index is 807. The molecule has 2 rings (SSSR count). The third-order valence-corrected chi connectivity index (χ3v) is 3.35. The summed E-state index contributed by atoms with van der Waals surface area (Å²) >= 11 is 5.74. The van der Waals surface area contributed by atoms with Crippen molar-refractivity contribution in [3.8, 4) is 0 Å². The van der Waals surface area contributed by atoms with Crippen molar-refractivity contribution in [1.82, 2.24) is 0 Å². The predicted molar refractivity (Wildman–Crippen MR) is 86.8 cm³/mol. The van der Waals surface area contributed by atoms with Gasteiger partial charge in [0.25, 0.3) is 5.91 Å². The first-order chi connectivity index (χ1) is 11.4. The van der Waals surface area contributed by atoms with Gasteiger partial charge in [0, 0.05) is 11.3 Å². The molecular formula is C17H13ClFNO4. The smallest absolute Gasteiger partial charge is 0.340 e. The minimum Gasteiger partial charge on any atom is -0.452 e. The zero-order valence-electron chi connectivity index (χ0n) is 12.6. The van der Waals surface area contributed by atoms with Crippen molar-refractivity contribution in [3.63, 3.8) is 0 Å². The SMILES string of the molecule is CC(=O)c1cccc(NC(=O)COC(=O)c2ccc(F)cc2Cl)c1. The molecule has 124 valence electrons. The monoisotopic (exact) mass is 349 g/mol. The fourth-order valence-corrected chi connectivity index (χ4v) is 2.12. The van der Waals surface area contributed by atoms with Crippen molar-refractivity contribution < 1.29 is 23.5 Å². The highest BCUT2D eigenvalue weighted by atomic mass is 35.5. The van der Waals surface area contributed by atoms with Gasteiger partial charge in [0.1, 0.15) is 5.82 Å². The van der Waals surface area contributed by atoms with Gasteiger partial charge in [0.15, 0.2) is 12.4 Å². The average molecular weight is 350 g/mol. The number of ketones is 1. The van der Waals surface area contributed by atoms with Gasteiger partial charge < -0.3 is 10.1 Å². The van der Waals surface area contributed by atoms with Gasteiger partial charge in [-0.05, 0) is 37.3 Å². The van der Waals surface area contributed by atoms with Gasteiger partial charge >= 0.3 is 5.97 Å². The van der Waals surface area contributed by atoms with Crippen LogP contribution in [0.3, 0.4) is 0 Å². The second-order valence-corrected chi connectivity index (χ2v) is 5.29. The van der Waals surface area contributed by atoms with Crippen molar-refractivity contribution in [2.75, 3.05) is 11.9 Å². The quantitative estimate of drug-likeness (QED) is 0.662. The summed E-state index contributed by atoms with van der Waals surface area (Å²) in [7, 11) is 0. The molecule has 0 bridgehead atoms. The van der Waals surface area contributed by atoms with Crippen LogP contribution in [0.25, 0.3) is 0 Å². The van der Waals surface area contributed by atoms with Crippen LogP contribution in [0, 0.1) is 5.82 Å². The van der Waals surface area contributed by atoms with E-state index in [9.17, 15) is 18.8 Å². The molecule has 0 saturated carbocycles. The maximum atomic E-state index is 12.9. The Kier molecular flexibility index (Phi) is 5.65. The summed E-state index contributed by atoms with van der Waals surface area (Å²) in [5, 5.41) is 2.40. The highest BCUT2D eigenvalue weighted by molar-refractivity contribution is 6.33. The highest BCUT2D eigenvalue weighted by Gasteiger charge is 2.14. The van der Waals surface area contributed by atoms with Crippen LogP contribution < -0.4 is 5.32 Å². The first kappa shape index (κ1) is 17.6. The molecule has 2 aromatic rings. The van der Waals surface area contributed by atoms with E-state index in [0.717, 1.165) is 12.1 Å². The summed E-state index contributed by atoms with van der Waals surface area (Å²) in [6.45, 7) is 0.867. The Labute approximate surface area is 142 Å². The van der Waals surface area contributed by atoms with E-state index in [1.54, 1.807) is 18.2 Å². The number of esters is 1. The summed E-state index contributed by atoms with van der Waals surface area (Å²) in [5.74, 6) is -2.14. The molecule has 1 N–H and O–H groups in total. The van der Waals surface area contributed by atoms with Gasteiger partial charge in [-0.1, -0.05) is 23.7 Å². The number of carbonyl (C=O) groups is 3. The number of rotatable bonds is 5. The van der Waals surface area contributed by atoms with Crippen LogP contribution in [0.15, 0.2) is 42.5 Å². The summed E-state index contributed by atoms with van der Waals surface area (Å²) < 4.78 is 17.8. The highest BCUT2D eigenvalue weighted by Crippen LogP contribution is 2.18. The van der Waals surface area contributed by atoms with E-state index in [-0.39, 0.29) is 16.4 Å². The third-order valence-electron chi connectivity index (χ3n) is 3.04. The molecular weight excluding hydrogens is 337 g/mol. The maximum absolute atomic E-state index is 12.9. The minimum atomic E-state index is -0.840. The van der Waals surface area contributed by atoms with Crippen molar-refractivity contribution in [2.24, 2.45) is 0 Å². The number of nitrogens with one attached hydrogen (secondary N) is 1. The van der Waals surface area contributed by atoms with E-state index in [1.165, 1.54) is 19.1 Å². The average Bonchev–Trinajstić information content (AvgIpc) is 2.53. The van der Waals surface area contributed by atoms with Gasteiger partial charge in [-0.25, -0.2) is 9.18 Å². The number of amides is 1. The van der Waals surface area contributed by atoms with Gasteiger partial charge in [-0.3, -0.25) is 9.59 Å². The Hall–Kier alpha value is -2.73. The number of halogens is 2. The molecule has 0 aromatic heterocycles. The molecule has 1 amide bonds. The van der Waals surface area contributed by atoms with Crippen LogP contribution in [0.5, 0.6) is 0 Å². The minimum absolute atomic E-state index is 0.0376. The lowest BCUT2D eigenvalue weighted by atomic mass is 10.1. The Balaban J connectivity index is 1.94. The molecule has 0 heterocycles. The molecule has 0 radical (unpaired) electrons. The van der Waals surface area contributed by atoms with Crippen LogP contribution in [0.1, 0.15) is 27.6 Å². The summed E-state index contributed by atoms with van der Waals surface area (Å²) in [6, 6.07) is 9.57. The molecule has 0 aliphatic rings. The van der Waals surface area contributed by atoms with Crippen LogP contribution in [-0.2, 0) is 9.53 Å². The zero-order valence-corrected chi connectivity index (χ0v) is 13.4. The fourth-order valence-electron chi connectivity index (χ4n) is 1.88. The van der Waals surface area contributed by atoms with Gasteiger partial charge in [-0.15, -0.1) is 0 Å².